The van der Waals surface area contributed by atoms with Crippen molar-refractivity contribution in [2.24, 2.45) is 0 Å². The van der Waals surface area contributed by atoms with E-state index in [9.17, 15) is 0 Å². The van der Waals surface area contributed by atoms with E-state index < -0.39 is 0 Å². The van der Waals surface area contributed by atoms with Crippen LogP contribution in [0, 0.1) is 11.3 Å². The minimum absolute atomic E-state index is 0.495. The molecule has 1 atom stereocenters. The van der Waals surface area contributed by atoms with Crippen molar-refractivity contribution in [2.45, 2.75) is 31.6 Å². The molecule has 0 aliphatic heterocycles. The first kappa shape index (κ1) is 8.31. The number of nitriles is 1. The van der Waals surface area contributed by atoms with E-state index in [1.807, 2.05) is 0 Å². The second-order valence-electron chi connectivity index (χ2n) is 3.65. The van der Waals surface area contributed by atoms with Crippen LogP contribution in [0.3, 0.4) is 0 Å². The minimum Gasteiger partial charge on any atom is -0.198 e. The maximum atomic E-state index is 8.69. The molecule has 66 valence electrons. The number of aryl methyl sites for hydroxylation is 1. The molecule has 0 bridgehead atoms. The minimum atomic E-state index is 0.495. The van der Waals surface area contributed by atoms with Gasteiger partial charge in [-0.15, -0.1) is 0 Å². The van der Waals surface area contributed by atoms with Crippen LogP contribution in [0.1, 0.15) is 36.3 Å². The van der Waals surface area contributed by atoms with Crippen molar-refractivity contribution in [3.05, 3.63) is 35.4 Å². The Kier molecular flexibility index (Phi) is 2.31. The predicted molar refractivity (Wildman–Crippen MR) is 52.4 cm³/mol. The van der Waals surface area contributed by atoms with E-state index in [1.54, 1.807) is 0 Å². The smallest absolute Gasteiger partial charge is 0.0628 e. The molecule has 0 aromatic heterocycles. The van der Waals surface area contributed by atoms with Gasteiger partial charge in [0.05, 0.1) is 6.07 Å². The van der Waals surface area contributed by atoms with Gasteiger partial charge in [0.25, 0.3) is 0 Å². The van der Waals surface area contributed by atoms with Gasteiger partial charge in [0, 0.05) is 6.42 Å². The summed E-state index contributed by atoms with van der Waals surface area (Å²) >= 11 is 0. The lowest BCUT2D eigenvalue weighted by Crippen LogP contribution is -2.08. The van der Waals surface area contributed by atoms with Crippen LogP contribution in [-0.2, 0) is 6.42 Å². The number of fused-ring (bicyclic) bond motifs is 1. The number of hydrogen-bond acceptors (Lipinski definition) is 1. The molecule has 1 aliphatic carbocycles. The van der Waals surface area contributed by atoms with Gasteiger partial charge in [-0.3, -0.25) is 0 Å². The second-order valence-corrected chi connectivity index (χ2v) is 3.65. The van der Waals surface area contributed by atoms with Crippen molar-refractivity contribution in [3.8, 4) is 6.07 Å². The monoisotopic (exact) mass is 171 g/mol. The molecule has 0 amide bonds. The summed E-state index contributed by atoms with van der Waals surface area (Å²) < 4.78 is 0. The highest BCUT2D eigenvalue weighted by atomic mass is 14.3. The lowest BCUT2D eigenvalue weighted by Gasteiger charge is -2.23. The molecule has 0 spiro atoms. The Bertz CT molecular complexity index is 335. The number of benzene rings is 1. The van der Waals surface area contributed by atoms with Gasteiger partial charge in [-0.25, -0.2) is 0 Å². The largest absolute Gasteiger partial charge is 0.198 e. The Morgan fingerprint density at radius 3 is 3.08 bits per heavy atom. The molecule has 0 saturated carbocycles. The topological polar surface area (TPSA) is 23.8 Å². The van der Waals surface area contributed by atoms with Gasteiger partial charge >= 0.3 is 0 Å². The van der Waals surface area contributed by atoms with Gasteiger partial charge in [0.1, 0.15) is 0 Å². The van der Waals surface area contributed by atoms with Gasteiger partial charge < -0.3 is 0 Å². The molecular formula is C12H13N. The first-order valence-corrected chi connectivity index (χ1v) is 4.86. The quantitative estimate of drug-likeness (QED) is 0.637. The molecule has 0 heterocycles. The lowest BCUT2D eigenvalue weighted by molar-refractivity contribution is 0.562. The van der Waals surface area contributed by atoms with Crippen LogP contribution < -0.4 is 0 Å². The maximum Gasteiger partial charge on any atom is 0.0628 e. The fourth-order valence-electron chi connectivity index (χ4n) is 2.18. The van der Waals surface area contributed by atoms with Crippen LogP contribution in [0.4, 0.5) is 0 Å². The van der Waals surface area contributed by atoms with Gasteiger partial charge in [-0.1, -0.05) is 24.3 Å². The summed E-state index contributed by atoms with van der Waals surface area (Å²) in [6.45, 7) is 0. The van der Waals surface area contributed by atoms with Crippen LogP contribution in [0.25, 0.3) is 0 Å². The van der Waals surface area contributed by atoms with Crippen molar-refractivity contribution in [3.63, 3.8) is 0 Å². The van der Waals surface area contributed by atoms with E-state index in [4.69, 9.17) is 5.26 Å². The van der Waals surface area contributed by atoms with Gasteiger partial charge in [-0.2, -0.15) is 5.26 Å². The third kappa shape index (κ3) is 1.58. The number of hydrogen-bond donors (Lipinski definition) is 0. The first-order chi connectivity index (χ1) is 6.42. The summed E-state index contributed by atoms with van der Waals surface area (Å²) in [5.74, 6) is 0.495. The zero-order valence-electron chi connectivity index (χ0n) is 7.66. The zero-order chi connectivity index (χ0) is 9.10. The van der Waals surface area contributed by atoms with Crippen molar-refractivity contribution >= 4 is 0 Å². The molecule has 1 heteroatoms. The highest BCUT2D eigenvalue weighted by molar-refractivity contribution is 5.33. The van der Waals surface area contributed by atoms with E-state index in [2.05, 4.69) is 30.3 Å². The second kappa shape index (κ2) is 3.62. The number of rotatable bonds is 1. The van der Waals surface area contributed by atoms with Gasteiger partial charge in [0.2, 0.25) is 0 Å². The maximum absolute atomic E-state index is 8.69. The van der Waals surface area contributed by atoms with Crippen LogP contribution in [-0.4, -0.2) is 0 Å². The molecule has 13 heavy (non-hydrogen) atoms. The standard InChI is InChI=1S/C12H13N/c13-9-8-11-6-3-5-10-4-1-2-7-12(10)11/h1-2,4,7,11H,3,5-6,8H2. The van der Waals surface area contributed by atoms with Crippen molar-refractivity contribution in [2.75, 3.05) is 0 Å². The Morgan fingerprint density at radius 2 is 2.23 bits per heavy atom. The molecule has 1 aromatic rings. The molecular weight excluding hydrogens is 158 g/mol. The van der Waals surface area contributed by atoms with E-state index in [-0.39, 0.29) is 0 Å². The summed E-state index contributed by atoms with van der Waals surface area (Å²) in [7, 11) is 0. The molecule has 0 N–H and O–H groups in total. The Balaban J connectivity index is 2.32. The van der Waals surface area contributed by atoms with E-state index in [1.165, 1.54) is 30.4 Å². The van der Waals surface area contributed by atoms with E-state index in [0.29, 0.717) is 12.3 Å². The highest BCUT2D eigenvalue weighted by Crippen LogP contribution is 2.33. The molecule has 1 unspecified atom stereocenters. The van der Waals surface area contributed by atoms with Crippen LogP contribution in [0.15, 0.2) is 24.3 Å². The SMILES string of the molecule is N#CCC1CCCc2ccccc21. The lowest BCUT2D eigenvalue weighted by atomic mass is 9.81. The molecule has 1 aliphatic rings. The molecule has 1 nitrogen and oxygen atoms in total. The van der Waals surface area contributed by atoms with E-state index in [0.717, 1.165) is 0 Å². The number of nitrogens with zero attached hydrogens (tertiary/aromatic N) is 1. The highest BCUT2D eigenvalue weighted by Gasteiger charge is 2.18. The summed E-state index contributed by atoms with van der Waals surface area (Å²) in [5.41, 5.74) is 2.87. The average Bonchev–Trinajstić information content (AvgIpc) is 2.19. The fraction of sp³-hybridized carbons (Fsp3) is 0.417. The summed E-state index contributed by atoms with van der Waals surface area (Å²) in [4.78, 5) is 0. The van der Waals surface area contributed by atoms with Crippen molar-refractivity contribution in [1.29, 1.82) is 5.26 Å². The Morgan fingerprint density at radius 1 is 1.38 bits per heavy atom. The summed E-state index contributed by atoms with van der Waals surface area (Å²) in [6.07, 6.45) is 4.29. The molecule has 0 radical (unpaired) electrons. The molecule has 0 saturated heterocycles. The molecule has 0 fully saturated rings. The fourth-order valence-corrected chi connectivity index (χ4v) is 2.18. The van der Waals surface area contributed by atoms with Crippen LogP contribution >= 0.6 is 0 Å². The van der Waals surface area contributed by atoms with E-state index >= 15 is 0 Å². The third-order valence-corrected chi connectivity index (χ3v) is 2.83. The van der Waals surface area contributed by atoms with Crippen molar-refractivity contribution in [1.82, 2.24) is 0 Å². The van der Waals surface area contributed by atoms with Gasteiger partial charge in [-0.05, 0) is 36.3 Å². The Labute approximate surface area is 79.0 Å². The molecule has 2 rings (SSSR count). The van der Waals surface area contributed by atoms with Crippen molar-refractivity contribution < 1.29 is 0 Å². The summed E-state index contributed by atoms with van der Waals surface area (Å²) in [6, 6.07) is 10.8. The summed E-state index contributed by atoms with van der Waals surface area (Å²) in [5, 5.41) is 8.69. The zero-order valence-corrected chi connectivity index (χ0v) is 7.66. The molecule has 1 aromatic carbocycles. The Hall–Kier alpha value is -1.29. The van der Waals surface area contributed by atoms with Gasteiger partial charge in [0.15, 0.2) is 0 Å². The third-order valence-electron chi connectivity index (χ3n) is 2.83. The first-order valence-electron chi connectivity index (χ1n) is 4.86. The predicted octanol–water partition coefficient (Wildman–Crippen LogP) is 3.02. The normalized spacial score (nSPS) is 20.4. The van der Waals surface area contributed by atoms with Crippen LogP contribution in [0.5, 0.6) is 0 Å². The van der Waals surface area contributed by atoms with Crippen LogP contribution in [0.2, 0.25) is 0 Å². The average molecular weight is 171 g/mol.